The standard InChI is InChI=1S/C3H9NO.Li.H/c1-5-3-2-4;;/h2-4H2,1H3;;. The van der Waals surface area contributed by atoms with Crippen LogP contribution in [0.4, 0.5) is 0 Å². The fraction of sp³-hybridized carbons (Fsp3) is 1.00. The van der Waals surface area contributed by atoms with Gasteiger partial charge in [-0.1, -0.05) is 0 Å². The molecule has 0 unspecified atom stereocenters. The SMILES string of the molecule is COCCN.[LiH]. The van der Waals surface area contributed by atoms with Crippen LogP contribution < -0.4 is 5.73 Å². The van der Waals surface area contributed by atoms with Gasteiger partial charge in [-0.25, -0.2) is 0 Å². The van der Waals surface area contributed by atoms with E-state index in [0.29, 0.717) is 13.2 Å². The molecule has 0 aliphatic heterocycles. The van der Waals surface area contributed by atoms with Gasteiger partial charge in [0.05, 0.1) is 6.61 Å². The third-order valence-electron chi connectivity index (χ3n) is 0.322. The van der Waals surface area contributed by atoms with E-state index in [1.165, 1.54) is 0 Å². The second kappa shape index (κ2) is 9.10. The number of ether oxygens (including phenoxy) is 1. The molecule has 0 saturated carbocycles. The van der Waals surface area contributed by atoms with Crippen molar-refractivity contribution in [3.63, 3.8) is 0 Å². The van der Waals surface area contributed by atoms with E-state index >= 15 is 0 Å². The van der Waals surface area contributed by atoms with Crippen LogP contribution in [0, 0.1) is 0 Å². The van der Waals surface area contributed by atoms with Crippen molar-refractivity contribution >= 4 is 18.9 Å². The van der Waals surface area contributed by atoms with Gasteiger partial charge in [0.15, 0.2) is 0 Å². The molecule has 6 heavy (non-hydrogen) atoms. The van der Waals surface area contributed by atoms with E-state index in [1.54, 1.807) is 7.11 Å². The summed E-state index contributed by atoms with van der Waals surface area (Å²) in [7, 11) is 1.63. The summed E-state index contributed by atoms with van der Waals surface area (Å²) in [6.45, 7) is 1.29. The minimum absolute atomic E-state index is 0. The predicted octanol–water partition coefficient (Wildman–Crippen LogP) is -1.06. The Bertz CT molecular complexity index is 18.3. The summed E-state index contributed by atoms with van der Waals surface area (Å²) in [5, 5.41) is 0. The van der Waals surface area contributed by atoms with Crippen molar-refractivity contribution in [3.05, 3.63) is 0 Å². The number of rotatable bonds is 2. The van der Waals surface area contributed by atoms with Crippen molar-refractivity contribution in [1.29, 1.82) is 0 Å². The molecule has 3 heteroatoms. The Hall–Kier alpha value is 0.517. The van der Waals surface area contributed by atoms with E-state index < -0.39 is 0 Å². The van der Waals surface area contributed by atoms with Crippen LogP contribution in [0.2, 0.25) is 0 Å². The summed E-state index contributed by atoms with van der Waals surface area (Å²) >= 11 is 0. The van der Waals surface area contributed by atoms with Crippen molar-refractivity contribution in [1.82, 2.24) is 0 Å². The first kappa shape index (κ1) is 9.72. The summed E-state index contributed by atoms with van der Waals surface area (Å²) in [5.74, 6) is 0. The number of hydrogen-bond acceptors (Lipinski definition) is 2. The third kappa shape index (κ3) is 8.82. The van der Waals surface area contributed by atoms with Crippen molar-refractivity contribution in [3.8, 4) is 0 Å². The third-order valence-corrected chi connectivity index (χ3v) is 0.322. The fourth-order valence-electron chi connectivity index (χ4n) is 0.118. The molecule has 0 rings (SSSR count). The molecule has 0 aromatic carbocycles. The van der Waals surface area contributed by atoms with Gasteiger partial charge in [0, 0.05) is 13.7 Å². The first-order valence-electron chi connectivity index (χ1n) is 1.61. The molecule has 0 aromatic heterocycles. The van der Waals surface area contributed by atoms with Gasteiger partial charge in [-0.3, -0.25) is 0 Å². The Labute approximate surface area is 50.2 Å². The zero-order valence-corrected chi connectivity index (χ0v) is 3.40. The molecule has 0 bridgehead atoms. The summed E-state index contributed by atoms with van der Waals surface area (Å²) in [5.41, 5.74) is 5.01. The van der Waals surface area contributed by atoms with E-state index in [2.05, 4.69) is 4.74 Å². The van der Waals surface area contributed by atoms with E-state index in [1.807, 2.05) is 0 Å². The number of methoxy groups -OCH3 is 1. The Balaban J connectivity index is 0. The molecular weight excluding hydrogens is 73.0 g/mol. The molecule has 2 nitrogen and oxygen atoms in total. The van der Waals surface area contributed by atoms with E-state index in [-0.39, 0.29) is 18.9 Å². The molecule has 2 N–H and O–H groups in total. The van der Waals surface area contributed by atoms with E-state index in [4.69, 9.17) is 5.73 Å². The molecule has 0 amide bonds. The zero-order valence-electron chi connectivity index (χ0n) is 3.40. The molecule has 0 aliphatic rings. The first-order chi connectivity index (χ1) is 2.41. The molecule has 0 atom stereocenters. The Morgan fingerprint density at radius 3 is 2.17 bits per heavy atom. The Morgan fingerprint density at radius 1 is 1.67 bits per heavy atom. The van der Waals surface area contributed by atoms with Gasteiger partial charge in [-0.2, -0.15) is 0 Å². The van der Waals surface area contributed by atoms with Gasteiger partial charge in [-0.15, -0.1) is 0 Å². The van der Waals surface area contributed by atoms with Crippen molar-refractivity contribution in [2.24, 2.45) is 5.73 Å². The molecule has 0 aliphatic carbocycles. The van der Waals surface area contributed by atoms with Crippen LogP contribution in [-0.2, 0) is 4.74 Å². The normalized spacial score (nSPS) is 7.00. The topological polar surface area (TPSA) is 35.2 Å². The second-order valence-corrected chi connectivity index (χ2v) is 0.781. The molecule has 0 radical (unpaired) electrons. The van der Waals surface area contributed by atoms with Crippen molar-refractivity contribution < 1.29 is 4.74 Å². The van der Waals surface area contributed by atoms with Crippen molar-refractivity contribution in [2.75, 3.05) is 20.3 Å². The van der Waals surface area contributed by atoms with Crippen LogP contribution in [0.1, 0.15) is 0 Å². The maximum absolute atomic E-state index is 5.01. The van der Waals surface area contributed by atoms with Crippen LogP contribution in [0.3, 0.4) is 0 Å². The molecule has 34 valence electrons. The van der Waals surface area contributed by atoms with E-state index in [0.717, 1.165) is 0 Å². The average molecular weight is 83.1 g/mol. The summed E-state index contributed by atoms with van der Waals surface area (Å²) < 4.78 is 4.57. The average Bonchev–Trinajstić information content (AvgIpc) is 1.41. The van der Waals surface area contributed by atoms with Gasteiger partial charge in [0.1, 0.15) is 0 Å². The van der Waals surface area contributed by atoms with Gasteiger partial charge < -0.3 is 10.5 Å². The van der Waals surface area contributed by atoms with Crippen LogP contribution in [0.15, 0.2) is 0 Å². The van der Waals surface area contributed by atoms with Crippen LogP contribution in [0.25, 0.3) is 0 Å². The Kier molecular flexibility index (Phi) is 14.7. The fourth-order valence-corrected chi connectivity index (χ4v) is 0.118. The second-order valence-electron chi connectivity index (χ2n) is 0.781. The van der Waals surface area contributed by atoms with Crippen LogP contribution >= 0.6 is 0 Å². The first-order valence-corrected chi connectivity index (χ1v) is 1.61. The predicted molar refractivity (Wildman–Crippen MR) is 28.1 cm³/mol. The maximum atomic E-state index is 5.01. The van der Waals surface area contributed by atoms with Crippen LogP contribution in [-0.4, -0.2) is 39.1 Å². The minimum atomic E-state index is 0. The monoisotopic (exact) mass is 83.1 g/mol. The quantitative estimate of drug-likeness (QED) is 0.432. The molecular formula is C3H10LiNO. The summed E-state index contributed by atoms with van der Waals surface area (Å²) in [4.78, 5) is 0. The molecule has 0 heterocycles. The molecule has 0 saturated heterocycles. The molecule has 0 spiro atoms. The van der Waals surface area contributed by atoms with Crippen LogP contribution in [0.5, 0.6) is 0 Å². The van der Waals surface area contributed by atoms with E-state index in [9.17, 15) is 0 Å². The van der Waals surface area contributed by atoms with Gasteiger partial charge >= 0.3 is 18.9 Å². The van der Waals surface area contributed by atoms with Crippen molar-refractivity contribution in [2.45, 2.75) is 0 Å². The van der Waals surface area contributed by atoms with Gasteiger partial charge in [-0.05, 0) is 0 Å². The summed E-state index contributed by atoms with van der Waals surface area (Å²) in [6.07, 6.45) is 0. The molecule has 0 aromatic rings. The zero-order chi connectivity index (χ0) is 4.12. The molecule has 0 fully saturated rings. The summed E-state index contributed by atoms with van der Waals surface area (Å²) in [6, 6.07) is 0. The van der Waals surface area contributed by atoms with Gasteiger partial charge in [0.2, 0.25) is 0 Å². The van der Waals surface area contributed by atoms with Gasteiger partial charge in [0.25, 0.3) is 0 Å². The Morgan fingerprint density at radius 2 is 2.17 bits per heavy atom. The number of nitrogens with two attached hydrogens (primary N) is 1. The number of hydrogen-bond donors (Lipinski definition) is 1.